The molecule has 15 heavy (non-hydrogen) atoms. The second-order valence-electron chi connectivity index (χ2n) is 4.41. The van der Waals surface area contributed by atoms with Crippen LogP contribution in [0.3, 0.4) is 0 Å². The van der Waals surface area contributed by atoms with Gasteiger partial charge in [-0.05, 0) is 18.8 Å². The second kappa shape index (κ2) is 7.08. The van der Waals surface area contributed by atoms with Gasteiger partial charge in [-0.2, -0.15) is 23.5 Å². The monoisotopic (exact) mass is 248 g/mol. The summed E-state index contributed by atoms with van der Waals surface area (Å²) in [4.78, 5) is 0. The van der Waals surface area contributed by atoms with Crippen LogP contribution in [0, 0.1) is 5.92 Å². The van der Waals surface area contributed by atoms with E-state index in [0.29, 0.717) is 16.4 Å². The molecular weight excluding hydrogens is 224 g/mol. The zero-order chi connectivity index (χ0) is 11.3. The van der Waals surface area contributed by atoms with E-state index in [1.807, 2.05) is 11.8 Å². The summed E-state index contributed by atoms with van der Waals surface area (Å²) in [6.45, 7) is 6.64. The van der Waals surface area contributed by atoms with Crippen molar-refractivity contribution in [1.82, 2.24) is 0 Å². The minimum absolute atomic E-state index is 0.104. The van der Waals surface area contributed by atoms with Crippen molar-refractivity contribution in [2.24, 2.45) is 5.92 Å². The average molecular weight is 248 g/mol. The minimum atomic E-state index is -0.104. The lowest BCUT2D eigenvalue weighted by atomic mass is 9.95. The Bertz CT molecular complexity index is 175. The highest BCUT2D eigenvalue weighted by Crippen LogP contribution is 2.37. The first-order chi connectivity index (χ1) is 7.20. The summed E-state index contributed by atoms with van der Waals surface area (Å²) in [6.07, 6.45) is 3.42. The first kappa shape index (κ1) is 13.7. The van der Waals surface area contributed by atoms with Gasteiger partial charge in [0.25, 0.3) is 0 Å². The van der Waals surface area contributed by atoms with Crippen molar-refractivity contribution < 1.29 is 5.11 Å². The molecule has 90 valence electrons. The summed E-state index contributed by atoms with van der Waals surface area (Å²) >= 11 is 4.04. The molecule has 1 fully saturated rings. The van der Waals surface area contributed by atoms with E-state index in [2.05, 4.69) is 32.5 Å². The zero-order valence-electron chi connectivity index (χ0n) is 10.1. The molecule has 0 aliphatic carbocycles. The van der Waals surface area contributed by atoms with Crippen molar-refractivity contribution in [3.8, 4) is 0 Å². The number of rotatable bonds is 5. The normalized spacial score (nSPS) is 31.2. The zero-order valence-corrected chi connectivity index (χ0v) is 11.7. The Morgan fingerprint density at radius 3 is 2.53 bits per heavy atom. The Hall–Kier alpha value is 0.660. The molecule has 0 radical (unpaired) electrons. The fraction of sp³-hybridized carbons (Fsp3) is 1.00. The predicted octanol–water partition coefficient (Wildman–Crippen LogP) is 3.41. The van der Waals surface area contributed by atoms with Crippen LogP contribution in [0.4, 0.5) is 0 Å². The topological polar surface area (TPSA) is 20.2 Å². The van der Waals surface area contributed by atoms with E-state index in [1.54, 1.807) is 0 Å². The molecule has 0 saturated carbocycles. The van der Waals surface area contributed by atoms with Crippen LogP contribution in [-0.2, 0) is 0 Å². The largest absolute Gasteiger partial charge is 0.392 e. The fourth-order valence-corrected chi connectivity index (χ4v) is 5.48. The van der Waals surface area contributed by atoms with Crippen LogP contribution < -0.4 is 0 Å². The Balaban J connectivity index is 2.50. The van der Waals surface area contributed by atoms with Crippen molar-refractivity contribution in [3.63, 3.8) is 0 Å². The van der Waals surface area contributed by atoms with Crippen molar-refractivity contribution in [1.29, 1.82) is 0 Å². The van der Waals surface area contributed by atoms with E-state index < -0.39 is 0 Å². The summed E-state index contributed by atoms with van der Waals surface area (Å²) in [5.41, 5.74) is 0. The third kappa shape index (κ3) is 3.86. The Kier molecular flexibility index (Phi) is 6.48. The van der Waals surface area contributed by atoms with Crippen molar-refractivity contribution in [3.05, 3.63) is 0 Å². The molecule has 1 rings (SSSR count). The number of aliphatic hydroxyl groups is 1. The quantitative estimate of drug-likeness (QED) is 0.805. The molecule has 4 atom stereocenters. The summed E-state index contributed by atoms with van der Waals surface area (Å²) in [7, 11) is 0. The summed E-state index contributed by atoms with van der Waals surface area (Å²) in [5.74, 6) is 2.93. The standard InChI is InChI=1S/C12H24OS2/c1-4-6-9(3)11(13)12-10(5-2)14-7-8-15-12/h9-13H,4-8H2,1-3H3. The van der Waals surface area contributed by atoms with Crippen molar-refractivity contribution in [2.75, 3.05) is 11.5 Å². The van der Waals surface area contributed by atoms with Gasteiger partial charge in [-0.3, -0.25) is 0 Å². The molecule has 1 saturated heterocycles. The first-order valence-corrected chi connectivity index (χ1v) is 8.21. The molecule has 4 unspecified atom stereocenters. The van der Waals surface area contributed by atoms with Gasteiger partial charge in [0.15, 0.2) is 0 Å². The molecule has 1 N–H and O–H groups in total. The molecule has 1 nitrogen and oxygen atoms in total. The van der Waals surface area contributed by atoms with Gasteiger partial charge >= 0.3 is 0 Å². The predicted molar refractivity (Wildman–Crippen MR) is 72.9 cm³/mol. The molecule has 0 aromatic carbocycles. The maximum Gasteiger partial charge on any atom is 0.0694 e. The van der Waals surface area contributed by atoms with Gasteiger partial charge in [0.1, 0.15) is 0 Å². The molecule has 0 amide bonds. The van der Waals surface area contributed by atoms with Gasteiger partial charge in [-0.25, -0.2) is 0 Å². The molecule has 3 heteroatoms. The molecule has 0 aromatic heterocycles. The first-order valence-electron chi connectivity index (χ1n) is 6.12. The molecule has 1 aliphatic rings. The number of hydrogen-bond donors (Lipinski definition) is 1. The Morgan fingerprint density at radius 2 is 1.93 bits per heavy atom. The van der Waals surface area contributed by atoms with E-state index in [0.717, 1.165) is 6.42 Å². The van der Waals surface area contributed by atoms with Crippen LogP contribution in [0.1, 0.15) is 40.0 Å². The second-order valence-corrected chi connectivity index (χ2v) is 7.04. The number of thioether (sulfide) groups is 2. The highest BCUT2D eigenvalue weighted by atomic mass is 32.2. The van der Waals surface area contributed by atoms with E-state index in [-0.39, 0.29) is 6.10 Å². The molecule has 0 spiro atoms. The van der Waals surface area contributed by atoms with Crippen LogP contribution in [0.25, 0.3) is 0 Å². The van der Waals surface area contributed by atoms with Gasteiger partial charge in [-0.1, -0.05) is 27.2 Å². The van der Waals surface area contributed by atoms with E-state index in [9.17, 15) is 5.11 Å². The van der Waals surface area contributed by atoms with Gasteiger partial charge in [-0.15, -0.1) is 0 Å². The van der Waals surface area contributed by atoms with Crippen LogP contribution in [0.2, 0.25) is 0 Å². The van der Waals surface area contributed by atoms with E-state index >= 15 is 0 Å². The summed E-state index contributed by atoms with van der Waals surface area (Å²) in [6, 6.07) is 0. The highest BCUT2D eigenvalue weighted by Gasteiger charge is 2.33. The van der Waals surface area contributed by atoms with Gasteiger partial charge in [0, 0.05) is 22.0 Å². The summed E-state index contributed by atoms with van der Waals surface area (Å²) < 4.78 is 0. The van der Waals surface area contributed by atoms with E-state index in [4.69, 9.17) is 0 Å². The minimum Gasteiger partial charge on any atom is -0.392 e. The van der Waals surface area contributed by atoms with Gasteiger partial charge in [0.05, 0.1) is 6.10 Å². The summed E-state index contributed by atoms with van der Waals surface area (Å²) in [5, 5.41) is 11.5. The molecule has 1 aliphatic heterocycles. The van der Waals surface area contributed by atoms with Gasteiger partial charge in [0.2, 0.25) is 0 Å². The third-order valence-corrected chi connectivity index (χ3v) is 6.52. The lowest BCUT2D eigenvalue weighted by Crippen LogP contribution is -2.39. The van der Waals surface area contributed by atoms with Crippen LogP contribution in [0.5, 0.6) is 0 Å². The molecule has 0 bridgehead atoms. The smallest absolute Gasteiger partial charge is 0.0694 e. The van der Waals surface area contributed by atoms with Crippen molar-refractivity contribution in [2.45, 2.75) is 56.6 Å². The average Bonchev–Trinajstić information content (AvgIpc) is 2.28. The lowest BCUT2D eigenvalue weighted by Gasteiger charge is -2.35. The van der Waals surface area contributed by atoms with E-state index in [1.165, 1.54) is 24.3 Å². The Morgan fingerprint density at radius 1 is 1.27 bits per heavy atom. The van der Waals surface area contributed by atoms with Crippen molar-refractivity contribution >= 4 is 23.5 Å². The number of aliphatic hydroxyl groups excluding tert-OH is 1. The molecule has 1 heterocycles. The third-order valence-electron chi connectivity index (χ3n) is 3.16. The highest BCUT2D eigenvalue weighted by molar-refractivity contribution is 8.07. The Labute approximate surface area is 103 Å². The molecular formula is C12H24OS2. The van der Waals surface area contributed by atoms with Crippen LogP contribution in [-0.4, -0.2) is 33.2 Å². The van der Waals surface area contributed by atoms with Gasteiger partial charge < -0.3 is 5.11 Å². The van der Waals surface area contributed by atoms with Crippen LogP contribution in [0.15, 0.2) is 0 Å². The SMILES string of the molecule is CCCC(C)C(O)C1SCCSC1CC. The maximum atomic E-state index is 10.3. The molecule has 0 aromatic rings. The lowest BCUT2D eigenvalue weighted by molar-refractivity contribution is 0.107. The van der Waals surface area contributed by atoms with Crippen LogP contribution >= 0.6 is 23.5 Å². The maximum absolute atomic E-state index is 10.3. The number of hydrogen-bond acceptors (Lipinski definition) is 3. The fourth-order valence-electron chi connectivity index (χ4n) is 2.20.